The zero-order valence-electron chi connectivity index (χ0n) is 4.96. The molecule has 0 atom stereocenters. The fraction of sp³-hybridized carbons (Fsp3) is 0. The van der Waals surface area contributed by atoms with Gasteiger partial charge in [0, 0.05) is 0 Å². The molecular weight excluding hydrogens is 185 g/mol. The molecule has 38 valence electrons. The Morgan fingerprint density at radius 2 is 1.67 bits per heavy atom. The van der Waals surface area contributed by atoms with Gasteiger partial charge in [0.05, 0.1) is 0 Å². The van der Waals surface area contributed by atoms with Gasteiger partial charge in [-0.25, -0.2) is 0 Å². The molecule has 0 unspecified atom stereocenters. The molecule has 0 heterocycles. The topological polar surface area (TPSA) is 0 Å². The molecule has 0 radical (unpaired) electrons. The average Bonchev–Trinajstić information content (AvgIpc) is 1.90. The van der Waals surface area contributed by atoms with Crippen LogP contribution in [0.1, 0.15) is 5.56 Å². The normalized spacial score (nSPS) is 7.00. The van der Waals surface area contributed by atoms with E-state index in [4.69, 9.17) is 6.42 Å². The molecule has 0 amide bonds. The van der Waals surface area contributed by atoms with Crippen molar-refractivity contribution in [3.8, 4) is 5.92 Å². The maximum Gasteiger partial charge on any atom is 3.00 e. The Hall–Kier alpha value is -0.116. The molecule has 0 saturated carbocycles. The smallest absolute Gasteiger partial charge is 0.366 e. The van der Waals surface area contributed by atoms with Crippen LogP contribution < -0.4 is 0 Å². The largest absolute Gasteiger partial charge is 3.00 e. The summed E-state index contributed by atoms with van der Waals surface area (Å²) < 4.78 is 0. The van der Waals surface area contributed by atoms with Crippen LogP contribution >= 0.6 is 0 Å². The summed E-state index contributed by atoms with van der Waals surface area (Å²) in [5, 5.41) is 0. The maximum atomic E-state index is 6.69. The summed E-state index contributed by atoms with van der Waals surface area (Å²) in [6.45, 7) is 0. The Kier molecular flexibility index (Phi) is 4.67. The second kappa shape index (κ2) is 4.73. The molecule has 0 bridgehead atoms. The quantitative estimate of drug-likeness (QED) is 0.430. The second-order valence-electron chi connectivity index (χ2n) is 1.49. The van der Waals surface area contributed by atoms with E-state index in [1.165, 1.54) is 0 Å². The van der Waals surface area contributed by atoms with Crippen LogP contribution in [0.3, 0.4) is 0 Å². The predicted molar refractivity (Wildman–Crippen MR) is 32.7 cm³/mol. The van der Waals surface area contributed by atoms with Gasteiger partial charge in [0.15, 0.2) is 0 Å². The van der Waals surface area contributed by atoms with Crippen molar-refractivity contribution in [2.45, 2.75) is 0 Å². The van der Waals surface area contributed by atoms with Crippen LogP contribution in [0.15, 0.2) is 30.3 Å². The number of benzene rings is 1. The van der Waals surface area contributed by atoms with Crippen LogP contribution in [0.25, 0.3) is 0 Å². The van der Waals surface area contributed by atoms with E-state index in [0.717, 1.165) is 5.56 Å². The fourth-order valence-electron chi connectivity index (χ4n) is 0.521. The van der Waals surface area contributed by atoms with Gasteiger partial charge in [0.2, 0.25) is 0 Å². The molecule has 1 heteroatoms. The van der Waals surface area contributed by atoms with Crippen LogP contribution in [0.2, 0.25) is 0 Å². The van der Waals surface area contributed by atoms with Gasteiger partial charge in [0.1, 0.15) is 0 Å². The standard InChI is InChI=1S/C8H5.Y/c1-2-8-6-4-3-5-7-8;/h3-7H;/q-1;+3. The molecule has 0 aliphatic rings. The zero-order valence-corrected chi connectivity index (χ0v) is 7.80. The average molecular weight is 190 g/mol. The third kappa shape index (κ3) is 2.79. The van der Waals surface area contributed by atoms with Gasteiger partial charge >= 0.3 is 32.7 Å². The van der Waals surface area contributed by atoms with E-state index >= 15 is 0 Å². The van der Waals surface area contributed by atoms with E-state index in [-0.39, 0.29) is 32.7 Å². The molecule has 0 N–H and O–H groups in total. The number of hydrogen-bond acceptors (Lipinski definition) is 0. The molecule has 9 heavy (non-hydrogen) atoms. The zero-order chi connectivity index (χ0) is 5.82. The molecule has 0 spiro atoms. The van der Waals surface area contributed by atoms with E-state index in [2.05, 4.69) is 5.92 Å². The summed E-state index contributed by atoms with van der Waals surface area (Å²) in [6.07, 6.45) is 6.69. The summed E-state index contributed by atoms with van der Waals surface area (Å²) >= 11 is 0. The van der Waals surface area contributed by atoms with Gasteiger partial charge in [-0.3, -0.25) is 5.92 Å². The van der Waals surface area contributed by atoms with Crippen LogP contribution in [-0.4, -0.2) is 0 Å². The van der Waals surface area contributed by atoms with Gasteiger partial charge < -0.3 is 6.42 Å². The minimum atomic E-state index is 0. The van der Waals surface area contributed by atoms with E-state index in [9.17, 15) is 0 Å². The Morgan fingerprint density at radius 1 is 1.11 bits per heavy atom. The van der Waals surface area contributed by atoms with Crippen LogP contribution in [0, 0.1) is 12.3 Å². The van der Waals surface area contributed by atoms with Crippen LogP contribution in [0.4, 0.5) is 0 Å². The fourth-order valence-corrected chi connectivity index (χ4v) is 0.521. The molecule has 0 aliphatic carbocycles. The summed E-state index contributed by atoms with van der Waals surface area (Å²) in [5.74, 6) is 2.28. The first-order chi connectivity index (χ1) is 3.93. The Labute approximate surface area is 80.5 Å². The van der Waals surface area contributed by atoms with Gasteiger partial charge in [-0.15, -0.1) is 17.7 Å². The van der Waals surface area contributed by atoms with Crippen molar-refractivity contribution in [3.63, 3.8) is 0 Å². The molecule has 1 aromatic rings. The molecule has 0 aliphatic heterocycles. The van der Waals surface area contributed by atoms with Gasteiger partial charge in [-0.2, -0.15) is 0 Å². The van der Waals surface area contributed by atoms with Crippen molar-refractivity contribution in [1.82, 2.24) is 0 Å². The molecule has 1 rings (SSSR count). The molecule has 0 saturated heterocycles. The minimum Gasteiger partial charge on any atom is -0.366 e. The van der Waals surface area contributed by atoms with E-state index in [0.29, 0.717) is 0 Å². The minimum absolute atomic E-state index is 0. The van der Waals surface area contributed by atoms with Crippen molar-refractivity contribution < 1.29 is 32.7 Å². The third-order valence-electron chi connectivity index (χ3n) is 0.918. The molecule has 1 aromatic carbocycles. The third-order valence-corrected chi connectivity index (χ3v) is 0.918. The van der Waals surface area contributed by atoms with Gasteiger partial charge in [-0.1, -0.05) is 18.2 Å². The van der Waals surface area contributed by atoms with Gasteiger partial charge in [0.25, 0.3) is 0 Å². The number of rotatable bonds is 0. The predicted octanol–water partition coefficient (Wildman–Crippen LogP) is 1.62. The van der Waals surface area contributed by atoms with Crippen molar-refractivity contribution in [1.29, 1.82) is 0 Å². The first-order valence-electron chi connectivity index (χ1n) is 2.41. The Bertz CT molecular complexity index is 196. The molecule has 0 fully saturated rings. The Balaban J connectivity index is 0.000000640. The maximum absolute atomic E-state index is 6.69. The second-order valence-corrected chi connectivity index (χ2v) is 1.49. The first kappa shape index (κ1) is 8.88. The first-order valence-corrected chi connectivity index (χ1v) is 2.41. The molecule has 0 nitrogen and oxygen atoms in total. The van der Waals surface area contributed by atoms with Crippen molar-refractivity contribution in [2.75, 3.05) is 0 Å². The van der Waals surface area contributed by atoms with Crippen LogP contribution in [-0.2, 0) is 32.7 Å². The summed E-state index contributed by atoms with van der Waals surface area (Å²) in [5.41, 5.74) is 0.826. The van der Waals surface area contributed by atoms with Crippen LogP contribution in [0.5, 0.6) is 0 Å². The van der Waals surface area contributed by atoms with Crippen molar-refractivity contribution >= 4 is 0 Å². The summed E-state index contributed by atoms with van der Waals surface area (Å²) in [6, 6.07) is 9.37. The molecule has 0 aromatic heterocycles. The van der Waals surface area contributed by atoms with E-state index in [1.807, 2.05) is 30.3 Å². The van der Waals surface area contributed by atoms with Gasteiger partial charge in [-0.05, 0) is 0 Å². The summed E-state index contributed by atoms with van der Waals surface area (Å²) in [4.78, 5) is 0. The van der Waals surface area contributed by atoms with E-state index < -0.39 is 0 Å². The van der Waals surface area contributed by atoms with E-state index in [1.54, 1.807) is 0 Å². The monoisotopic (exact) mass is 190 g/mol. The van der Waals surface area contributed by atoms with Crippen molar-refractivity contribution in [2.24, 2.45) is 0 Å². The SMILES string of the molecule is [C-]#Cc1ccccc1.[Y+3]. The van der Waals surface area contributed by atoms with Crippen molar-refractivity contribution in [3.05, 3.63) is 42.3 Å². The summed E-state index contributed by atoms with van der Waals surface area (Å²) in [7, 11) is 0. The Morgan fingerprint density at radius 3 is 2.00 bits per heavy atom. The molecular formula is C8H5Y+2. The number of hydrogen-bond donors (Lipinski definition) is 0.